The molecular formula is C19H25N3O3. The molecule has 1 amide bonds. The lowest BCUT2D eigenvalue weighted by atomic mass is 10.2. The molecule has 1 saturated heterocycles. The maximum atomic E-state index is 12.5. The second-order valence-electron chi connectivity index (χ2n) is 6.79. The topological polar surface area (TPSA) is 60.5 Å². The summed E-state index contributed by atoms with van der Waals surface area (Å²) in [5, 5.41) is 4.08. The van der Waals surface area contributed by atoms with Gasteiger partial charge >= 0.3 is 0 Å². The summed E-state index contributed by atoms with van der Waals surface area (Å²) in [4.78, 5) is 14.3. The minimum atomic E-state index is 0.0177. The van der Waals surface area contributed by atoms with Gasteiger partial charge in [0, 0.05) is 36.6 Å². The van der Waals surface area contributed by atoms with Gasteiger partial charge in [-0.1, -0.05) is 5.16 Å². The number of amides is 1. The standard InChI is InChI=1S/C19H25N3O3/c1-12-8-17(16(5)22(12)18-9-13(2)25-20-18)6-7-19(23)21-10-14(3)24-15(4)11-21/h6-9,14-15H,10-11H2,1-5H3/b7-6-/t14-,15-/m0/s1. The maximum Gasteiger partial charge on any atom is 0.246 e. The van der Waals surface area contributed by atoms with Crippen molar-refractivity contribution in [1.29, 1.82) is 0 Å². The molecule has 2 atom stereocenters. The fourth-order valence-corrected chi connectivity index (χ4v) is 3.39. The van der Waals surface area contributed by atoms with Gasteiger partial charge in [-0.2, -0.15) is 0 Å². The summed E-state index contributed by atoms with van der Waals surface area (Å²) in [6.07, 6.45) is 3.66. The fourth-order valence-electron chi connectivity index (χ4n) is 3.39. The van der Waals surface area contributed by atoms with Crippen LogP contribution in [-0.2, 0) is 9.53 Å². The van der Waals surface area contributed by atoms with Crippen LogP contribution in [0.1, 0.15) is 36.6 Å². The van der Waals surface area contributed by atoms with E-state index in [1.807, 2.05) is 62.3 Å². The van der Waals surface area contributed by atoms with E-state index in [1.165, 1.54) is 0 Å². The van der Waals surface area contributed by atoms with Crippen molar-refractivity contribution >= 4 is 12.0 Å². The number of carbonyl (C=O) groups is 1. The smallest absolute Gasteiger partial charge is 0.246 e. The van der Waals surface area contributed by atoms with Gasteiger partial charge in [0.25, 0.3) is 0 Å². The van der Waals surface area contributed by atoms with Crippen LogP contribution in [0.15, 0.2) is 22.7 Å². The van der Waals surface area contributed by atoms with Gasteiger partial charge in [-0.05, 0) is 52.3 Å². The number of hydrogen-bond acceptors (Lipinski definition) is 4. The van der Waals surface area contributed by atoms with E-state index in [0.717, 1.165) is 28.5 Å². The summed E-state index contributed by atoms with van der Waals surface area (Å²) in [6, 6.07) is 3.95. The molecule has 0 bridgehead atoms. The van der Waals surface area contributed by atoms with Crippen molar-refractivity contribution in [3.05, 3.63) is 40.9 Å². The molecule has 0 saturated carbocycles. The van der Waals surface area contributed by atoms with E-state index in [9.17, 15) is 4.79 Å². The molecule has 0 aliphatic carbocycles. The zero-order chi connectivity index (χ0) is 18.1. The molecule has 1 aliphatic heterocycles. The number of rotatable bonds is 3. The van der Waals surface area contributed by atoms with Gasteiger partial charge < -0.3 is 14.2 Å². The molecule has 6 heteroatoms. The van der Waals surface area contributed by atoms with Crippen LogP contribution in [0.4, 0.5) is 0 Å². The van der Waals surface area contributed by atoms with Crippen molar-refractivity contribution in [3.8, 4) is 5.82 Å². The van der Waals surface area contributed by atoms with E-state index in [4.69, 9.17) is 9.26 Å². The molecule has 2 aromatic heterocycles. The first-order valence-corrected chi connectivity index (χ1v) is 8.60. The van der Waals surface area contributed by atoms with Crippen LogP contribution < -0.4 is 0 Å². The summed E-state index contributed by atoms with van der Waals surface area (Å²) < 4.78 is 12.9. The maximum absolute atomic E-state index is 12.5. The number of ether oxygens (including phenoxy) is 1. The minimum Gasteiger partial charge on any atom is -0.372 e. The molecule has 0 radical (unpaired) electrons. The lowest BCUT2D eigenvalue weighted by Gasteiger charge is -2.34. The Hall–Kier alpha value is -2.34. The summed E-state index contributed by atoms with van der Waals surface area (Å²) in [5.74, 6) is 1.55. The third kappa shape index (κ3) is 3.69. The van der Waals surface area contributed by atoms with Crippen molar-refractivity contribution in [3.63, 3.8) is 0 Å². The SMILES string of the molecule is Cc1cc(-n2c(C)cc(/C=C\C(=O)N3C[C@H](C)O[C@@H](C)C3)c2C)no1. The third-order valence-corrected chi connectivity index (χ3v) is 4.45. The van der Waals surface area contributed by atoms with Crippen LogP contribution >= 0.6 is 0 Å². The number of aromatic nitrogens is 2. The van der Waals surface area contributed by atoms with Crippen LogP contribution in [0, 0.1) is 20.8 Å². The van der Waals surface area contributed by atoms with E-state index in [0.29, 0.717) is 13.1 Å². The van der Waals surface area contributed by atoms with Crippen LogP contribution in [-0.4, -0.2) is 45.8 Å². The predicted octanol–water partition coefficient (Wildman–Crippen LogP) is 3.04. The zero-order valence-electron chi connectivity index (χ0n) is 15.4. The molecule has 0 spiro atoms. The minimum absolute atomic E-state index is 0.0177. The van der Waals surface area contributed by atoms with Crippen molar-refractivity contribution in [2.45, 2.75) is 46.8 Å². The van der Waals surface area contributed by atoms with Crippen LogP contribution in [0.5, 0.6) is 0 Å². The highest BCUT2D eigenvalue weighted by Gasteiger charge is 2.24. The molecule has 0 unspecified atom stereocenters. The van der Waals surface area contributed by atoms with Gasteiger partial charge in [0.15, 0.2) is 5.82 Å². The van der Waals surface area contributed by atoms with Gasteiger partial charge in [-0.15, -0.1) is 0 Å². The second kappa shape index (κ2) is 6.88. The van der Waals surface area contributed by atoms with E-state index in [1.54, 1.807) is 6.08 Å². The molecule has 1 fully saturated rings. The van der Waals surface area contributed by atoms with Crippen molar-refractivity contribution < 1.29 is 14.1 Å². The van der Waals surface area contributed by atoms with E-state index >= 15 is 0 Å². The van der Waals surface area contributed by atoms with E-state index in [2.05, 4.69) is 5.16 Å². The van der Waals surface area contributed by atoms with Crippen molar-refractivity contribution in [2.75, 3.05) is 13.1 Å². The normalized spacial score (nSPS) is 21.2. The Kier molecular flexibility index (Phi) is 4.81. The Balaban J connectivity index is 1.79. The van der Waals surface area contributed by atoms with Crippen molar-refractivity contribution in [1.82, 2.24) is 14.6 Å². The molecule has 25 heavy (non-hydrogen) atoms. The Morgan fingerprint density at radius 3 is 2.48 bits per heavy atom. The van der Waals surface area contributed by atoms with Crippen LogP contribution in [0.2, 0.25) is 0 Å². The number of morpholine rings is 1. The molecule has 3 heterocycles. The number of hydrogen-bond donors (Lipinski definition) is 0. The Bertz CT molecular complexity index is 793. The lowest BCUT2D eigenvalue weighted by Crippen LogP contribution is -2.47. The predicted molar refractivity (Wildman–Crippen MR) is 95.7 cm³/mol. The molecule has 0 N–H and O–H groups in total. The number of nitrogens with zero attached hydrogens (tertiary/aromatic N) is 3. The number of carbonyl (C=O) groups excluding carboxylic acids is 1. The Morgan fingerprint density at radius 1 is 1.20 bits per heavy atom. The molecule has 134 valence electrons. The second-order valence-corrected chi connectivity index (χ2v) is 6.79. The highest BCUT2D eigenvalue weighted by molar-refractivity contribution is 5.92. The Morgan fingerprint density at radius 2 is 1.88 bits per heavy atom. The van der Waals surface area contributed by atoms with Crippen molar-refractivity contribution in [2.24, 2.45) is 0 Å². The molecule has 1 aliphatic rings. The summed E-state index contributed by atoms with van der Waals surface area (Å²) in [7, 11) is 0. The molecular weight excluding hydrogens is 318 g/mol. The van der Waals surface area contributed by atoms with Gasteiger partial charge in [0.05, 0.1) is 12.2 Å². The van der Waals surface area contributed by atoms with Crippen LogP contribution in [0.25, 0.3) is 11.9 Å². The highest BCUT2D eigenvalue weighted by atomic mass is 16.5. The largest absolute Gasteiger partial charge is 0.372 e. The van der Waals surface area contributed by atoms with Gasteiger partial charge in [0.2, 0.25) is 5.91 Å². The first kappa shape index (κ1) is 17.5. The first-order chi connectivity index (χ1) is 11.8. The Labute approximate surface area is 148 Å². The van der Waals surface area contributed by atoms with E-state index < -0.39 is 0 Å². The average Bonchev–Trinajstić information content (AvgIpc) is 3.07. The lowest BCUT2D eigenvalue weighted by molar-refractivity contribution is -0.137. The van der Waals surface area contributed by atoms with E-state index in [-0.39, 0.29) is 18.1 Å². The first-order valence-electron chi connectivity index (χ1n) is 8.60. The fraction of sp³-hybridized carbons (Fsp3) is 0.474. The van der Waals surface area contributed by atoms with Gasteiger partial charge in [0.1, 0.15) is 5.76 Å². The molecule has 6 nitrogen and oxygen atoms in total. The summed E-state index contributed by atoms with van der Waals surface area (Å²) >= 11 is 0. The highest BCUT2D eigenvalue weighted by Crippen LogP contribution is 2.22. The monoisotopic (exact) mass is 343 g/mol. The summed E-state index contributed by atoms with van der Waals surface area (Å²) in [5.41, 5.74) is 3.07. The quantitative estimate of drug-likeness (QED) is 0.804. The molecule has 0 aromatic carbocycles. The van der Waals surface area contributed by atoms with Gasteiger partial charge in [-0.3, -0.25) is 9.36 Å². The summed E-state index contributed by atoms with van der Waals surface area (Å²) in [6.45, 7) is 11.1. The third-order valence-electron chi connectivity index (χ3n) is 4.45. The van der Waals surface area contributed by atoms with Gasteiger partial charge in [-0.25, -0.2) is 0 Å². The number of aryl methyl sites for hydroxylation is 2. The molecule has 2 aromatic rings. The average molecular weight is 343 g/mol. The van der Waals surface area contributed by atoms with Crippen LogP contribution in [0.3, 0.4) is 0 Å². The zero-order valence-corrected chi connectivity index (χ0v) is 15.4. The molecule has 3 rings (SSSR count).